The van der Waals surface area contributed by atoms with E-state index in [4.69, 9.17) is 0 Å². The minimum absolute atomic E-state index is 0.118. The first-order chi connectivity index (χ1) is 30.9. The number of rotatable bonds is 39. The molecule has 1 aliphatic carbocycles. The van der Waals surface area contributed by atoms with Crippen LogP contribution in [0, 0.1) is 5.92 Å². The van der Waals surface area contributed by atoms with Gasteiger partial charge in [-0.2, -0.15) is 26.3 Å². The standard InChI is InChI=1S/C57H96F6S/c1-4-6-7-8-9-10-11-16-21-26-31-39-49(3)54-48-50(40-32-27-22-17-13-15-20-25-30-37-47-64-57(61,62)63)41-34-35-42-51(5-2)53-45-38-44-52(55(53)54)43-33-28-23-18-12-14-19-24-29-36-46-56(58,59)60/h34-35,38,41,44-45,49,51,54H,4-33,36-37,39-40,42-43,46-48H2,1-3H3/b35-34-,50-41-. The molecular formula is C57H96F6S. The van der Waals surface area contributed by atoms with Crippen molar-refractivity contribution in [3.05, 3.63) is 58.7 Å². The van der Waals surface area contributed by atoms with Crippen molar-refractivity contribution in [3.63, 3.8) is 0 Å². The average molecular weight is 927 g/mol. The van der Waals surface area contributed by atoms with E-state index in [1.165, 1.54) is 154 Å². The van der Waals surface area contributed by atoms with E-state index >= 15 is 0 Å². The van der Waals surface area contributed by atoms with Gasteiger partial charge in [0.1, 0.15) is 0 Å². The van der Waals surface area contributed by atoms with E-state index in [1.54, 1.807) is 22.3 Å². The number of unbranched alkanes of at least 4 members (excludes halogenated alkanes) is 28. The second-order valence-electron chi connectivity index (χ2n) is 19.9. The monoisotopic (exact) mass is 927 g/mol. The largest absolute Gasteiger partial charge is 0.441 e. The van der Waals surface area contributed by atoms with Gasteiger partial charge in [-0.3, -0.25) is 0 Å². The van der Waals surface area contributed by atoms with E-state index < -0.39 is 18.1 Å². The molecule has 0 amide bonds. The SMILES string of the molecule is CCCCCCCCCCCCCC(C)C1C/C(CCCCCCCCCCCCSC(F)(F)F)=C\C=C/CC(CC)c2cccc(CCCCCCCCCCCCC(F)(F)F)c21. The molecule has 0 heterocycles. The molecule has 0 spiro atoms. The molecule has 1 aliphatic rings. The molecule has 0 saturated heterocycles. The lowest BCUT2D eigenvalue weighted by Gasteiger charge is -2.33. The summed E-state index contributed by atoms with van der Waals surface area (Å²) in [6.45, 7) is 7.23. The average Bonchev–Trinajstić information content (AvgIpc) is 3.25. The van der Waals surface area contributed by atoms with Crippen molar-refractivity contribution in [3.8, 4) is 0 Å². The maximum absolute atomic E-state index is 12.4. The highest BCUT2D eigenvalue weighted by Gasteiger charge is 2.29. The lowest BCUT2D eigenvalue weighted by atomic mass is 9.72. The number of hydrogen-bond acceptors (Lipinski definition) is 1. The van der Waals surface area contributed by atoms with Gasteiger partial charge in [0.2, 0.25) is 0 Å². The lowest BCUT2D eigenvalue weighted by Crippen LogP contribution is -2.18. The Morgan fingerprint density at radius 2 is 1.06 bits per heavy atom. The molecule has 0 bridgehead atoms. The molecule has 2 rings (SSSR count). The summed E-state index contributed by atoms with van der Waals surface area (Å²) in [7, 11) is 0. The highest BCUT2D eigenvalue weighted by atomic mass is 32.2. The summed E-state index contributed by atoms with van der Waals surface area (Å²) in [6, 6.07) is 7.29. The Balaban J connectivity index is 2.00. The summed E-state index contributed by atoms with van der Waals surface area (Å²) in [5.41, 5.74) is 2.41. The smallest absolute Gasteiger partial charge is 0.171 e. The van der Waals surface area contributed by atoms with Gasteiger partial charge in [-0.05, 0) is 92.2 Å². The second-order valence-corrected chi connectivity index (χ2v) is 21.0. The fourth-order valence-corrected chi connectivity index (χ4v) is 10.8. The van der Waals surface area contributed by atoms with Gasteiger partial charge in [0.05, 0.1) is 0 Å². The van der Waals surface area contributed by atoms with Crippen LogP contribution in [0.15, 0.2) is 42.0 Å². The third-order valence-corrected chi connectivity index (χ3v) is 15.0. The van der Waals surface area contributed by atoms with Crippen molar-refractivity contribution in [2.45, 2.75) is 288 Å². The molecule has 0 aliphatic heterocycles. The van der Waals surface area contributed by atoms with E-state index in [-0.39, 0.29) is 23.9 Å². The molecule has 64 heavy (non-hydrogen) atoms. The van der Waals surface area contributed by atoms with Crippen LogP contribution in [-0.4, -0.2) is 17.4 Å². The van der Waals surface area contributed by atoms with Gasteiger partial charge in [-0.15, -0.1) is 0 Å². The molecule has 1 aromatic carbocycles. The maximum Gasteiger partial charge on any atom is 0.441 e. The minimum Gasteiger partial charge on any atom is -0.171 e. The van der Waals surface area contributed by atoms with Crippen LogP contribution in [0.4, 0.5) is 26.3 Å². The van der Waals surface area contributed by atoms with Crippen molar-refractivity contribution in [2.75, 3.05) is 5.75 Å². The number of benzene rings is 1. The first-order valence-electron chi connectivity index (χ1n) is 27.2. The van der Waals surface area contributed by atoms with E-state index in [0.717, 1.165) is 64.2 Å². The van der Waals surface area contributed by atoms with Gasteiger partial charge >= 0.3 is 11.7 Å². The number of aryl methyl sites for hydroxylation is 1. The summed E-state index contributed by atoms with van der Waals surface area (Å²) in [5, 5.41) is 0. The predicted octanol–water partition coefficient (Wildman–Crippen LogP) is 21.8. The van der Waals surface area contributed by atoms with Crippen LogP contribution in [0.25, 0.3) is 0 Å². The van der Waals surface area contributed by atoms with Crippen molar-refractivity contribution in [1.29, 1.82) is 0 Å². The molecule has 0 fully saturated rings. The van der Waals surface area contributed by atoms with Crippen LogP contribution in [0.1, 0.15) is 287 Å². The van der Waals surface area contributed by atoms with Crippen LogP contribution in [-0.2, 0) is 6.42 Å². The van der Waals surface area contributed by atoms with Gasteiger partial charge in [0.25, 0.3) is 0 Å². The van der Waals surface area contributed by atoms with Gasteiger partial charge in [-0.1, -0.05) is 254 Å². The van der Waals surface area contributed by atoms with Crippen LogP contribution < -0.4 is 0 Å². The van der Waals surface area contributed by atoms with Gasteiger partial charge in [0, 0.05) is 12.2 Å². The quantitative estimate of drug-likeness (QED) is 0.0468. The number of hydrogen-bond donors (Lipinski definition) is 0. The zero-order valence-corrected chi connectivity index (χ0v) is 42.3. The first-order valence-corrected chi connectivity index (χ1v) is 28.2. The van der Waals surface area contributed by atoms with E-state index in [1.807, 2.05) is 0 Å². The predicted molar refractivity (Wildman–Crippen MR) is 269 cm³/mol. The fraction of sp³-hybridized carbons (Fsp3) is 0.825. The minimum atomic E-state index is -4.09. The number of halogens is 6. The van der Waals surface area contributed by atoms with E-state index in [0.29, 0.717) is 30.6 Å². The molecule has 0 aromatic heterocycles. The highest BCUT2D eigenvalue weighted by molar-refractivity contribution is 8.00. The number of alkyl halides is 6. The Kier molecular flexibility index (Phi) is 34.5. The summed E-state index contributed by atoms with van der Waals surface area (Å²) >= 11 is 0.118. The number of fused-ring (bicyclic) bond motifs is 1. The Bertz CT molecular complexity index is 1300. The normalized spacial score (nSPS) is 17.9. The lowest BCUT2D eigenvalue weighted by molar-refractivity contribution is -0.135. The summed E-state index contributed by atoms with van der Waals surface area (Å²) in [5.74, 6) is 1.89. The summed E-state index contributed by atoms with van der Waals surface area (Å²) < 4.78 is 74.4. The second kappa shape index (κ2) is 37.6. The Labute approximate surface area is 395 Å². The number of thioether (sulfide) groups is 1. The van der Waals surface area contributed by atoms with E-state index in [9.17, 15) is 26.3 Å². The third-order valence-electron chi connectivity index (χ3n) is 14.2. The Hall–Kier alpha value is -1.37. The van der Waals surface area contributed by atoms with Crippen molar-refractivity contribution < 1.29 is 26.3 Å². The summed E-state index contributed by atoms with van der Waals surface area (Å²) in [4.78, 5) is 0. The molecule has 0 nitrogen and oxygen atoms in total. The Morgan fingerprint density at radius 1 is 0.578 bits per heavy atom. The molecule has 7 heteroatoms. The molecule has 0 N–H and O–H groups in total. The summed E-state index contributed by atoms with van der Waals surface area (Å²) in [6.07, 6.45) is 46.2. The topological polar surface area (TPSA) is 0 Å². The highest BCUT2D eigenvalue weighted by Crippen LogP contribution is 2.43. The third kappa shape index (κ3) is 30.8. The van der Waals surface area contributed by atoms with Crippen LogP contribution in [0.3, 0.4) is 0 Å². The van der Waals surface area contributed by atoms with Crippen LogP contribution in [0.2, 0.25) is 0 Å². The van der Waals surface area contributed by atoms with Crippen molar-refractivity contribution >= 4 is 11.8 Å². The maximum atomic E-state index is 12.4. The van der Waals surface area contributed by atoms with Crippen LogP contribution in [0.5, 0.6) is 0 Å². The molecule has 1 aromatic rings. The molecule has 0 radical (unpaired) electrons. The van der Waals surface area contributed by atoms with Gasteiger partial charge in [-0.25, -0.2) is 0 Å². The molecule has 0 saturated carbocycles. The molecular weight excluding hydrogens is 831 g/mol. The Morgan fingerprint density at radius 3 is 1.58 bits per heavy atom. The first kappa shape index (κ1) is 58.8. The zero-order valence-electron chi connectivity index (χ0n) is 41.4. The molecule has 372 valence electrons. The van der Waals surface area contributed by atoms with E-state index in [2.05, 4.69) is 57.2 Å². The number of allylic oxidation sites excluding steroid dienone is 4. The molecule has 3 unspecified atom stereocenters. The van der Waals surface area contributed by atoms with Crippen molar-refractivity contribution in [2.24, 2.45) is 5.92 Å². The van der Waals surface area contributed by atoms with Gasteiger partial charge in [0.15, 0.2) is 0 Å². The molecule has 3 atom stereocenters. The van der Waals surface area contributed by atoms with Crippen LogP contribution >= 0.6 is 11.8 Å². The van der Waals surface area contributed by atoms with Gasteiger partial charge < -0.3 is 0 Å². The van der Waals surface area contributed by atoms with Crippen molar-refractivity contribution in [1.82, 2.24) is 0 Å². The zero-order chi connectivity index (χ0) is 46.6. The fourth-order valence-electron chi connectivity index (χ4n) is 10.2.